The molecule has 0 spiro atoms. The number of carbonyl (C=O) groups excluding carboxylic acids is 1. The van der Waals surface area contributed by atoms with Crippen molar-refractivity contribution in [1.82, 2.24) is 4.90 Å². The van der Waals surface area contributed by atoms with E-state index in [4.69, 9.17) is 10.5 Å². The molecule has 1 heterocycles. The summed E-state index contributed by atoms with van der Waals surface area (Å²) in [6.45, 7) is 3.21. The van der Waals surface area contributed by atoms with Crippen molar-refractivity contribution in [2.45, 2.75) is 38.3 Å². The summed E-state index contributed by atoms with van der Waals surface area (Å²) < 4.78 is 5.94. The summed E-state index contributed by atoms with van der Waals surface area (Å²) in [7, 11) is 0. The number of benzene rings is 2. The Morgan fingerprint density at radius 1 is 1.16 bits per heavy atom. The Morgan fingerprint density at radius 2 is 1.88 bits per heavy atom. The SMILES string of the molecule is C[C@@H]1C[C@@H](N)CCN1C(=O)CCOc1ccccc1-c1ccccc1. The molecule has 2 N–H and O–H groups in total. The quantitative estimate of drug-likeness (QED) is 0.908. The van der Waals surface area contributed by atoms with Crippen LogP contribution in [-0.2, 0) is 4.79 Å². The van der Waals surface area contributed by atoms with Crippen LogP contribution in [0, 0.1) is 0 Å². The van der Waals surface area contributed by atoms with E-state index in [2.05, 4.69) is 19.1 Å². The molecule has 1 fully saturated rings. The van der Waals surface area contributed by atoms with Crippen molar-refractivity contribution < 1.29 is 9.53 Å². The van der Waals surface area contributed by atoms with Gasteiger partial charge in [0.2, 0.25) is 5.91 Å². The van der Waals surface area contributed by atoms with Crippen LogP contribution in [0.3, 0.4) is 0 Å². The second-order valence-electron chi connectivity index (χ2n) is 6.68. The molecule has 1 aliphatic heterocycles. The zero-order chi connectivity index (χ0) is 17.6. The molecular formula is C21H26N2O2. The van der Waals surface area contributed by atoms with Gasteiger partial charge in [-0.05, 0) is 31.4 Å². The molecule has 0 bridgehead atoms. The van der Waals surface area contributed by atoms with Crippen LogP contribution in [0.1, 0.15) is 26.2 Å². The van der Waals surface area contributed by atoms with Gasteiger partial charge in [-0.25, -0.2) is 0 Å². The lowest BCUT2D eigenvalue weighted by Gasteiger charge is -2.36. The van der Waals surface area contributed by atoms with Gasteiger partial charge >= 0.3 is 0 Å². The lowest BCUT2D eigenvalue weighted by molar-refractivity contribution is -0.135. The van der Waals surface area contributed by atoms with Gasteiger partial charge in [-0.15, -0.1) is 0 Å². The predicted molar refractivity (Wildman–Crippen MR) is 100 cm³/mol. The minimum absolute atomic E-state index is 0.150. The van der Waals surface area contributed by atoms with E-state index in [0.717, 1.165) is 36.3 Å². The molecule has 0 unspecified atom stereocenters. The number of piperidine rings is 1. The smallest absolute Gasteiger partial charge is 0.226 e. The van der Waals surface area contributed by atoms with Gasteiger partial charge in [0, 0.05) is 24.2 Å². The van der Waals surface area contributed by atoms with Crippen molar-refractivity contribution in [1.29, 1.82) is 0 Å². The third-order valence-electron chi connectivity index (χ3n) is 4.78. The maximum atomic E-state index is 12.5. The fourth-order valence-corrected chi connectivity index (χ4v) is 3.42. The molecule has 1 aliphatic rings. The Labute approximate surface area is 149 Å². The van der Waals surface area contributed by atoms with Gasteiger partial charge in [0.15, 0.2) is 0 Å². The highest BCUT2D eigenvalue weighted by molar-refractivity contribution is 5.77. The highest BCUT2D eigenvalue weighted by Gasteiger charge is 2.26. The number of likely N-dealkylation sites (tertiary alicyclic amines) is 1. The van der Waals surface area contributed by atoms with Crippen LogP contribution in [0.2, 0.25) is 0 Å². The third-order valence-corrected chi connectivity index (χ3v) is 4.78. The number of rotatable bonds is 5. The molecular weight excluding hydrogens is 312 g/mol. The maximum Gasteiger partial charge on any atom is 0.226 e. The first-order chi connectivity index (χ1) is 12.1. The zero-order valence-corrected chi connectivity index (χ0v) is 14.7. The summed E-state index contributed by atoms with van der Waals surface area (Å²) in [5, 5.41) is 0. The van der Waals surface area contributed by atoms with Crippen LogP contribution in [0.25, 0.3) is 11.1 Å². The molecule has 1 saturated heterocycles. The molecule has 3 rings (SSSR count). The van der Waals surface area contributed by atoms with Crippen molar-refractivity contribution in [2.75, 3.05) is 13.2 Å². The first-order valence-corrected chi connectivity index (χ1v) is 8.97. The van der Waals surface area contributed by atoms with Crippen molar-refractivity contribution in [3.05, 3.63) is 54.6 Å². The first-order valence-electron chi connectivity index (χ1n) is 8.97. The molecule has 4 nitrogen and oxygen atoms in total. The summed E-state index contributed by atoms with van der Waals surface area (Å²) in [6, 6.07) is 18.5. The van der Waals surface area contributed by atoms with Gasteiger partial charge in [0.05, 0.1) is 13.0 Å². The Kier molecular flexibility index (Phi) is 5.71. The molecule has 2 aromatic rings. The standard InChI is InChI=1S/C21H26N2O2/c1-16-15-18(22)11-13-23(16)21(24)12-14-25-20-10-6-5-9-19(20)17-7-3-2-4-8-17/h2-10,16,18H,11-15,22H2,1H3/t16-,18+/m1/s1. The van der Waals surface area contributed by atoms with Crippen LogP contribution in [0.4, 0.5) is 0 Å². The van der Waals surface area contributed by atoms with E-state index < -0.39 is 0 Å². The molecule has 2 aromatic carbocycles. The van der Waals surface area contributed by atoms with Gasteiger partial charge in [0.25, 0.3) is 0 Å². The minimum atomic E-state index is 0.150. The zero-order valence-electron chi connectivity index (χ0n) is 14.7. The molecule has 4 heteroatoms. The van der Waals surface area contributed by atoms with E-state index >= 15 is 0 Å². The van der Waals surface area contributed by atoms with Crippen LogP contribution in [-0.4, -0.2) is 36.0 Å². The van der Waals surface area contributed by atoms with E-state index in [1.807, 2.05) is 47.4 Å². The number of hydrogen-bond donors (Lipinski definition) is 1. The fraction of sp³-hybridized carbons (Fsp3) is 0.381. The minimum Gasteiger partial charge on any atom is -0.492 e. The number of para-hydroxylation sites is 1. The lowest BCUT2D eigenvalue weighted by Crippen LogP contribution is -2.48. The number of hydrogen-bond acceptors (Lipinski definition) is 3. The Balaban J connectivity index is 1.59. The van der Waals surface area contributed by atoms with Gasteiger partial charge < -0.3 is 15.4 Å². The summed E-state index contributed by atoms with van der Waals surface area (Å²) in [5.74, 6) is 0.965. The van der Waals surface area contributed by atoms with Crippen molar-refractivity contribution in [2.24, 2.45) is 5.73 Å². The van der Waals surface area contributed by atoms with E-state index in [-0.39, 0.29) is 18.0 Å². The molecule has 0 saturated carbocycles. The molecule has 0 aromatic heterocycles. The maximum absolute atomic E-state index is 12.5. The number of nitrogens with two attached hydrogens (primary N) is 1. The van der Waals surface area contributed by atoms with Crippen LogP contribution >= 0.6 is 0 Å². The summed E-state index contributed by atoms with van der Waals surface area (Å²) in [5.41, 5.74) is 8.14. The Bertz CT molecular complexity index is 702. The van der Waals surface area contributed by atoms with Gasteiger partial charge in [-0.3, -0.25) is 4.79 Å². The van der Waals surface area contributed by atoms with Gasteiger partial charge in [-0.2, -0.15) is 0 Å². The monoisotopic (exact) mass is 338 g/mol. The average Bonchev–Trinajstić information content (AvgIpc) is 2.63. The van der Waals surface area contributed by atoms with E-state index in [1.54, 1.807) is 0 Å². The van der Waals surface area contributed by atoms with Gasteiger partial charge in [0.1, 0.15) is 5.75 Å². The summed E-state index contributed by atoms with van der Waals surface area (Å²) in [4.78, 5) is 14.4. The fourth-order valence-electron chi connectivity index (χ4n) is 3.42. The Morgan fingerprint density at radius 3 is 2.64 bits per heavy atom. The van der Waals surface area contributed by atoms with E-state index in [1.165, 1.54) is 0 Å². The molecule has 25 heavy (non-hydrogen) atoms. The third kappa shape index (κ3) is 4.40. The van der Waals surface area contributed by atoms with Crippen molar-refractivity contribution >= 4 is 5.91 Å². The van der Waals surface area contributed by atoms with Crippen molar-refractivity contribution in [3.8, 4) is 16.9 Å². The summed E-state index contributed by atoms with van der Waals surface area (Å²) in [6.07, 6.45) is 2.15. The average molecular weight is 338 g/mol. The van der Waals surface area contributed by atoms with E-state index in [9.17, 15) is 4.79 Å². The normalized spacial score (nSPS) is 20.3. The van der Waals surface area contributed by atoms with Crippen LogP contribution in [0.15, 0.2) is 54.6 Å². The highest BCUT2D eigenvalue weighted by Crippen LogP contribution is 2.29. The highest BCUT2D eigenvalue weighted by atomic mass is 16.5. The topological polar surface area (TPSA) is 55.6 Å². The number of carbonyl (C=O) groups is 1. The largest absolute Gasteiger partial charge is 0.492 e. The van der Waals surface area contributed by atoms with Gasteiger partial charge in [-0.1, -0.05) is 48.5 Å². The molecule has 2 atom stereocenters. The van der Waals surface area contributed by atoms with Crippen LogP contribution < -0.4 is 10.5 Å². The molecule has 0 aliphatic carbocycles. The van der Waals surface area contributed by atoms with Crippen LogP contribution in [0.5, 0.6) is 5.75 Å². The second-order valence-corrected chi connectivity index (χ2v) is 6.68. The number of ether oxygens (including phenoxy) is 1. The Hall–Kier alpha value is -2.33. The second kappa shape index (κ2) is 8.17. The van der Waals surface area contributed by atoms with Crippen molar-refractivity contribution in [3.63, 3.8) is 0 Å². The molecule has 0 radical (unpaired) electrons. The number of nitrogens with zero attached hydrogens (tertiary/aromatic N) is 1. The predicted octanol–water partition coefficient (Wildman–Crippen LogP) is 3.46. The first kappa shape index (κ1) is 17.5. The molecule has 132 valence electrons. The molecule has 1 amide bonds. The summed E-state index contributed by atoms with van der Waals surface area (Å²) >= 11 is 0. The van der Waals surface area contributed by atoms with E-state index in [0.29, 0.717) is 13.0 Å². The number of amides is 1. The lowest BCUT2D eigenvalue weighted by atomic mass is 9.99.